The molecule has 0 saturated carbocycles. The minimum Gasteiger partial charge on any atom is -0.369 e. The third-order valence-electron chi connectivity index (χ3n) is 3.71. The summed E-state index contributed by atoms with van der Waals surface area (Å²) in [4.78, 5) is 13.9. The Bertz CT molecular complexity index is 408. The summed E-state index contributed by atoms with van der Waals surface area (Å²) in [6.45, 7) is 1.67. The Labute approximate surface area is 100 Å². The van der Waals surface area contributed by atoms with Crippen LogP contribution in [0.1, 0.15) is 18.4 Å². The summed E-state index contributed by atoms with van der Waals surface area (Å²) >= 11 is 0. The fraction of sp³-hybridized carbons (Fsp3) is 0.462. The zero-order chi connectivity index (χ0) is 12.5. The molecular formula is C13H17FN2O. The monoisotopic (exact) mass is 236 g/mol. The number of nitrogens with zero attached hydrogens (tertiary/aromatic N) is 1. The Kier molecular flexibility index (Phi) is 3.15. The van der Waals surface area contributed by atoms with Gasteiger partial charge < -0.3 is 10.6 Å². The lowest BCUT2D eigenvalue weighted by molar-refractivity contribution is -0.125. The highest BCUT2D eigenvalue weighted by molar-refractivity contribution is 5.86. The number of carbonyl (C=O) groups is 1. The van der Waals surface area contributed by atoms with E-state index in [1.54, 1.807) is 12.1 Å². The fourth-order valence-corrected chi connectivity index (χ4v) is 2.45. The van der Waals surface area contributed by atoms with Gasteiger partial charge in [0.15, 0.2) is 0 Å². The van der Waals surface area contributed by atoms with Crippen molar-refractivity contribution < 1.29 is 9.18 Å². The van der Waals surface area contributed by atoms with Gasteiger partial charge in [0.05, 0.1) is 5.41 Å². The maximum Gasteiger partial charge on any atom is 0.228 e. The second-order valence-electron chi connectivity index (χ2n) is 4.76. The number of rotatable bonds is 2. The van der Waals surface area contributed by atoms with Gasteiger partial charge in [-0.05, 0) is 50.7 Å². The van der Waals surface area contributed by atoms with Crippen LogP contribution in [0.3, 0.4) is 0 Å². The second kappa shape index (κ2) is 4.45. The average molecular weight is 236 g/mol. The minimum absolute atomic E-state index is 0.290. The summed E-state index contributed by atoms with van der Waals surface area (Å²) in [6, 6.07) is 6.12. The number of likely N-dealkylation sites (tertiary alicyclic amines) is 1. The van der Waals surface area contributed by atoms with Gasteiger partial charge in [0.25, 0.3) is 0 Å². The van der Waals surface area contributed by atoms with Gasteiger partial charge in [0.1, 0.15) is 5.82 Å². The Morgan fingerprint density at radius 3 is 2.29 bits per heavy atom. The number of primary amides is 1. The largest absolute Gasteiger partial charge is 0.369 e. The van der Waals surface area contributed by atoms with Crippen LogP contribution >= 0.6 is 0 Å². The van der Waals surface area contributed by atoms with Crippen LogP contribution in [0.25, 0.3) is 0 Å². The van der Waals surface area contributed by atoms with Crippen molar-refractivity contribution in [3.8, 4) is 0 Å². The van der Waals surface area contributed by atoms with Crippen LogP contribution in [0.2, 0.25) is 0 Å². The quantitative estimate of drug-likeness (QED) is 0.840. The predicted octanol–water partition coefficient (Wildman–Crippen LogP) is 1.27. The Morgan fingerprint density at radius 2 is 1.82 bits per heavy atom. The van der Waals surface area contributed by atoms with E-state index in [4.69, 9.17) is 5.73 Å². The van der Waals surface area contributed by atoms with Crippen LogP contribution < -0.4 is 5.73 Å². The van der Waals surface area contributed by atoms with Crippen LogP contribution in [-0.4, -0.2) is 30.9 Å². The molecule has 2 N–H and O–H groups in total. The molecular weight excluding hydrogens is 219 g/mol. The standard InChI is InChI=1S/C13H17FN2O/c1-16-8-6-13(7-9-16,12(15)17)10-2-4-11(14)5-3-10/h2-5H,6-9H2,1H3,(H2,15,17). The van der Waals surface area contributed by atoms with E-state index in [0.717, 1.165) is 18.7 Å². The third-order valence-corrected chi connectivity index (χ3v) is 3.71. The van der Waals surface area contributed by atoms with E-state index >= 15 is 0 Å². The lowest BCUT2D eigenvalue weighted by Gasteiger charge is -2.38. The number of amides is 1. The van der Waals surface area contributed by atoms with Crippen molar-refractivity contribution in [2.24, 2.45) is 5.73 Å². The van der Waals surface area contributed by atoms with Crippen molar-refractivity contribution in [3.05, 3.63) is 35.6 Å². The van der Waals surface area contributed by atoms with E-state index in [-0.39, 0.29) is 11.7 Å². The van der Waals surface area contributed by atoms with E-state index in [0.29, 0.717) is 12.8 Å². The molecule has 3 nitrogen and oxygen atoms in total. The van der Waals surface area contributed by atoms with Crippen molar-refractivity contribution >= 4 is 5.91 Å². The summed E-state index contributed by atoms with van der Waals surface area (Å²) in [5.74, 6) is -0.599. The maximum atomic E-state index is 12.9. The van der Waals surface area contributed by atoms with E-state index < -0.39 is 5.41 Å². The van der Waals surface area contributed by atoms with Crippen LogP contribution in [-0.2, 0) is 10.2 Å². The zero-order valence-corrected chi connectivity index (χ0v) is 9.95. The van der Waals surface area contributed by atoms with E-state index in [9.17, 15) is 9.18 Å². The van der Waals surface area contributed by atoms with Crippen LogP contribution in [0.4, 0.5) is 4.39 Å². The first kappa shape index (κ1) is 12.0. The third kappa shape index (κ3) is 2.17. The predicted molar refractivity (Wildman–Crippen MR) is 64.0 cm³/mol. The summed E-state index contributed by atoms with van der Waals surface area (Å²) < 4.78 is 12.9. The van der Waals surface area contributed by atoms with Gasteiger partial charge in [-0.25, -0.2) is 4.39 Å². The molecule has 17 heavy (non-hydrogen) atoms. The number of benzene rings is 1. The number of carbonyl (C=O) groups excluding carboxylic acids is 1. The lowest BCUT2D eigenvalue weighted by atomic mass is 9.72. The molecule has 1 aliphatic heterocycles. The normalized spacial score (nSPS) is 20.1. The number of nitrogens with two attached hydrogens (primary N) is 1. The maximum absolute atomic E-state index is 12.9. The van der Waals surface area contributed by atoms with Crippen molar-refractivity contribution in [3.63, 3.8) is 0 Å². The summed E-state index contributed by atoms with van der Waals surface area (Å²) in [5, 5.41) is 0. The summed E-state index contributed by atoms with van der Waals surface area (Å²) in [7, 11) is 2.02. The molecule has 1 aromatic rings. The SMILES string of the molecule is CN1CCC(C(N)=O)(c2ccc(F)cc2)CC1. The van der Waals surface area contributed by atoms with Crippen molar-refractivity contribution in [2.45, 2.75) is 18.3 Å². The molecule has 1 heterocycles. The Hall–Kier alpha value is -1.42. The molecule has 0 aromatic heterocycles. The van der Waals surface area contributed by atoms with Gasteiger partial charge in [0, 0.05) is 0 Å². The molecule has 4 heteroatoms. The van der Waals surface area contributed by atoms with Gasteiger partial charge in [-0.3, -0.25) is 4.79 Å². The molecule has 1 saturated heterocycles. The van der Waals surface area contributed by atoms with Gasteiger partial charge in [-0.15, -0.1) is 0 Å². The zero-order valence-electron chi connectivity index (χ0n) is 9.95. The Morgan fingerprint density at radius 1 is 1.29 bits per heavy atom. The molecule has 2 rings (SSSR count). The molecule has 0 bridgehead atoms. The summed E-state index contributed by atoms with van der Waals surface area (Å²) in [5.41, 5.74) is 5.77. The van der Waals surface area contributed by atoms with Crippen LogP contribution in [0.15, 0.2) is 24.3 Å². The molecule has 1 fully saturated rings. The van der Waals surface area contributed by atoms with Gasteiger partial charge in [-0.1, -0.05) is 12.1 Å². The highest BCUT2D eigenvalue weighted by Gasteiger charge is 2.40. The smallest absolute Gasteiger partial charge is 0.228 e. The Balaban J connectivity index is 2.35. The average Bonchev–Trinajstić information content (AvgIpc) is 2.31. The minimum atomic E-state index is -0.625. The molecule has 1 amide bonds. The van der Waals surface area contributed by atoms with Gasteiger partial charge in [0.2, 0.25) is 5.91 Å². The number of piperidine rings is 1. The second-order valence-corrected chi connectivity index (χ2v) is 4.76. The fourth-order valence-electron chi connectivity index (χ4n) is 2.45. The number of halogens is 1. The molecule has 1 aliphatic rings. The first-order valence-electron chi connectivity index (χ1n) is 5.79. The molecule has 0 spiro atoms. The van der Waals surface area contributed by atoms with E-state index in [2.05, 4.69) is 4.90 Å². The van der Waals surface area contributed by atoms with E-state index in [1.165, 1.54) is 12.1 Å². The number of hydrogen-bond acceptors (Lipinski definition) is 2. The molecule has 1 aromatic carbocycles. The molecule has 0 aliphatic carbocycles. The van der Waals surface area contributed by atoms with Crippen LogP contribution in [0, 0.1) is 5.82 Å². The topological polar surface area (TPSA) is 46.3 Å². The first-order chi connectivity index (χ1) is 8.04. The van der Waals surface area contributed by atoms with Crippen molar-refractivity contribution in [2.75, 3.05) is 20.1 Å². The highest BCUT2D eigenvalue weighted by atomic mass is 19.1. The van der Waals surface area contributed by atoms with Crippen molar-refractivity contribution in [1.82, 2.24) is 4.90 Å². The first-order valence-corrected chi connectivity index (χ1v) is 5.79. The van der Waals surface area contributed by atoms with Crippen LogP contribution in [0.5, 0.6) is 0 Å². The highest BCUT2D eigenvalue weighted by Crippen LogP contribution is 2.35. The van der Waals surface area contributed by atoms with E-state index in [1.807, 2.05) is 7.05 Å². The molecule has 0 unspecified atom stereocenters. The van der Waals surface area contributed by atoms with Crippen molar-refractivity contribution in [1.29, 1.82) is 0 Å². The van der Waals surface area contributed by atoms with Gasteiger partial charge >= 0.3 is 0 Å². The van der Waals surface area contributed by atoms with Gasteiger partial charge in [-0.2, -0.15) is 0 Å². The lowest BCUT2D eigenvalue weighted by Crippen LogP contribution is -2.49. The number of hydrogen-bond donors (Lipinski definition) is 1. The molecule has 92 valence electrons. The molecule has 0 radical (unpaired) electrons. The summed E-state index contributed by atoms with van der Waals surface area (Å²) in [6.07, 6.45) is 1.40. The molecule has 0 atom stereocenters.